The molecular weight excluding hydrogens is 292 g/mol. The lowest BCUT2D eigenvalue weighted by molar-refractivity contribution is -0.121. The van der Waals surface area contributed by atoms with E-state index >= 15 is 0 Å². The van der Waals surface area contributed by atoms with Crippen molar-refractivity contribution < 1.29 is 4.79 Å². The number of Topliss-reactive ketones (excluding diaryl/α,β-unsaturated/α-hetero) is 1. The number of ketones is 1. The highest BCUT2D eigenvalue weighted by molar-refractivity contribution is 7.11. The molecule has 1 saturated carbocycles. The van der Waals surface area contributed by atoms with E-state index in [-0.39, 0.29) is 23.0 Å². The van der Waals surface area contributed by atoms with Gasteiger partial charge in [0, 0.05) is 10.8 Å². The van der Waals surface area contributed by atoms with E-state index in [1.165, 1.54) is 16.9 Å². The Morgan fingerprint density at radius 3 is 2.59 bits per heavy atom. The van der Waals surface area contributed by atoms with Crippen LogP contribution in [0.4, 0.5) is 0 Å². The summed E-state index contributed by atoms with van der Waals surface area (Å²) in [4.78, 5) is 18.5. The third-order valence-corrected chi connectivity index (χ3v) is 5.71. The van der Waals surface area contributed by atoms with Crippen molar-refractivity contribution in [1.29, 1.82) is 5.26 Å². The van der Waals surface area contributed by atoms with Gasteiger partial charge in [0.25, 0.3) is 0 Å². The summed E-state index contributed by atoms with van der Waals surface area (Å²) in [5.74, 6) is -0.510. The van der Waals surface area contributed by atoms with E-state index in [1.54, 1.807) is 0 Å². The molecule has 0 aliphatic heterocycles. The molecule has 0 spiro atoms. The van der Waals surface area contributed by atoms with Crippen LogP contribution in [0.25, 0.3) is 0 Å². The minimum absolute atomic E-state index is 0.0337. The maximum absolute atomic E-state index is 12.9. The second-order valence-electron chi connectivity index (χ2n) is 6.94. The van der Waals surface area contributed by atoms with E-state index in [2.05, 4.69) is 44.8 Å². The van der Waals surface area contributed by atoms with Crippen molar-refractivity contribution in [2.75, 3.05) is 0 Å². The van der Waals surface area contributed by atoms with Crippen LogP contribution in [-0.4, -0.2) is 10.8 Å². The number of nitrogens with zero attached hydrogens (tertiary/aromatic N) is 2. The average Bonchev–Trinajstić information content (AvgIpc) is 2.77. The summed E-state index contributed by atoms with van der Waals surface area (Å²) < 4.78 is 0. The maximum Gasteiger partial charge on any atom is 0.161 e. The topological polar surface area (TPSA) is 53.8 Å². The highest BCUT2D eigenvalue weighted by atomic mass is 32.1. The molecule has 1 fully saturated rings. The molecule has 3 atom stereocenters. The highest BCUT2D eigenvalue weighted by Crippen LogP contribution is 2.61. The Morgan fingerprint density at radius 2 is 2.14 bits per heavy atom. The Morgan fingerprint density at radius 1 is 1.50 bits per heavy atom. The van der Waals surface area contributed by atoms with Gasteiger partial charge in [0.15, 0.2) is 11.7 Å². The molecule has 0 aromatic carbocycles. The molecule has 0 bridgehead atoms. The second kappa shape index (κ2) is 5.96. The molecule has 0 radical (unpaired) electrons. The summed E-state index contributed by atoms with van der Waals surface area (Å²) in [6, 6.07) is 2.19. The van der Waals surface area contributed by atoms with Gasteiger partial charge >= 0.3 is 0 Å². The fraction of sp³-hybridized carbons (Fsp3) is 0.611. The maximum atomic E-state index is 12.9. The van der Waals surface area contributed by atoms with Crippen LogP contribution in [0.1, 0.15) is 56.1 Å². The monoisotopic (exact) mass is 316 g/mol. The Labute approximate surface area is 137 Å². The minimum atomic E-state index is -0.719. The lowest BCUT2D eigenvalue weighted by Gasteiger charge is -2.06. The van der Waals surface area contributed by atoms with Gasteiger partial charge in [-0.15, -0.1) is 11.3 Å². The molecule has 1 aliphatic rings. The lowest BCUT2D eigenvalue weighted by Crippen LogP contribution is -2.15. The van der Waals surface area contributed by atoms with Gasteiger partial charge in [-0.2, -0.15) is 5.26 Å². The fourth-order valence-corrected chi connectivity index (χ4v) is 4.28. The molecule has 0 saturated heterocycles. The predicted octanol–water partition coefficient (Wildman–Crippen LogP) is 4.43. The van der Waals surface area contributed by atoms with Crippen molar-refractivity contribution in [2.24, 2.45) is 17.3 Å². The smallest absolute Gasteiger partial charge is 0.161 e. The first-order chi connectivity index (χ1) is 10.2. The molecule has 1 aliphatic carbocycles. The summed E-state index contributed by atoms with van der Waals surface area (Å²) in [6.07, 6.45) is 3.01. The molecule has 22 heavy (non-hydrogen) atoms. The molecule has 0 unspecified atom stereocenters. The SMILES string of the molecule is CCc1nc([C@H](C#N)C(=O)[C@H]2[C@@H](C=C(C)C)C2(C)C)sc1C. The number of thiazole rings is 1. The Bertz CT molecular complexity index is 659. The predicted molar refractivity (Wildman–Crippen MR) is 89.8 cm³/mol. The van der Waals surface area contributed by atoms with Crippen molar-refractivity contribution in [1.82, 2.24) is 4.98 Å². The van der Waals surface area contributed by atoms with Gasteiger partial charge in [0.2, 0.25) is 0 Å². The first-order valence-electron chi connectivity index (χ1n) is 7.78. The number of allylic oxidation sites excluding steroid dienone is 2. The highest BCUT2D eigenvalue weighted by Gasteiger charge is 2.61. The van der Waals surface area contributed by atoms with E-state index in [1.807, 2.05) is 13.8 Å². The zero-order valence-electron chi connectivity index (χ0n) is 14.2. The Kier molecular flexibility index (Phi) is 4.58. The summed E-state index contributed by atoms with van der Waals surface area (Å²) in [5.41, 5.74) is 2.17. The second-order valence-corrected chi connectivity index (χ2v) is 8.18. The van der Waals surface area contributed by atoms with Gasteiger partial charge in [-0.3, -0.25) is 4.79 Å². The van der Waals surface area contributed by atoms with E-state index in [0.29, 0.717) is 5.01 Å². The summed E-state index contributed by atoms with van der Waals surface area (Å²) in [6.45, 7) is 12.4. The summed E-state index contributed by atoms with van der Waals surface area (Å²) in [7, 11) is 0. The zero-order valence-corrected chi connectivity index (χ0v) is 15.0. The summed E-state index contributed by atoms with van der Waals surface area (Å²) in [5, 5.41) is 10.2. The average molecular weight is 316 g/mol. The van der Waals surface area contributed by atoms with Gasteiger partial charge in [-0.25, -0.2) is 4.98 Å². The number of aryl methyl sites for hydroxylation is 2. The van der Waals surface area contributed by atoms with Crippen molar-refractivity contribution >= 4 is 17.1 Å². The van der Waals surface area contributed by atoms with Crippen molar-refractivity contribution in [2.45, 2.75) is 53.9 Å². The van der Waals surface area contributed by atoms with Gasteiger partial charge in [0.05, 0.1) is 11.8 Å². The fourth-order valence-electron chi connectivity index (χ4n) is 3.21. The Hall–Kier alpha value is -1.47. The van der Waals surface area contributed by atoms with Crippen molar-refractivity contribution in [3.05, 3.63) is 27.2 Å². The number of nitriles is 1. The standard InChI is InChI=1S/C18H24N2OS/c1-7-14-11(4)22-17(20-14)12(9-19)16(21)15-13(8-10(2)3)18(15,5)6/h8,12-13,15H,7H2,1-6H3/t12-,13-,15-/m1/s1. The van der Waals surface area contributed by atoms with E-state index in [4.69, 9.17) is 0 Å². The Balaban J connectivity index is 2.27. The molecule has 1 heterocycles. The number of aromatic nitrogens is 1. The molecule has 0 amide bonds. The number of carbonyl (C=O) groups is 1. The van der Waals surface area contributed by atoms with Crippen LogP contribution in [-0.2, 0) is 11.2 Å². The molecule has 1 aromatic rings. The quantitative estimate of drug-likeness (QED) is 0.755. The van der Waals surface area contributed by atoms with Gasteiger partial charge in [-0.05, 0) is 38.5 Å². The molecular formula is C18H24N2OS. The molecule has 2 rings (SSSR count). The molecule has 3 nitrogen and oxygen atoms in total. The van der Waals surface area contributed by atoms with Crippen LogP contribution >= 0.6 is 11.3 Å². The minimum Gasteiger partial charge on any atom is -0.297 e. The summed E-state index contributed by atoms with van der Waals surface area (Å²) >= 11 is 1.49. The van der Waals surface area contributed by atoms with E-state index < -0.39 is 5.92 Å². The number of carbonyl (C=O) groups excluding carboxylic acids is 1. The van der Waals surface area contributed by atoms with E-state index in [0.717, 1.165) is 17.0 Å². The van der Waals surface area contributed by atoms with Crippen LogP contribution in [0, 0.1) is 35.5 Å². The molecule has 1 aromatic heterocycles. The van der Waals surface area contributed by atoms with Crippen LogP contribution in [0.2, 0.25) is 0 Å². The zero-order chi connectivity index (χ0) is 16.7. The molecule has 0 N–H and O–H groups in total. The normalized spacial score (nSPS) is 23.5. The van der Waals surface area contributed by atoms with Crippen LogP contribution in [0.5, 0.6) is 0 Å². The lowest BCUT2D eigenvalue weighted by atomic mass is 9.98. The first-order valence-corrected chi connectivity index (χ1v) is 8.60. The third-order valence-electron chi connectivity index (χ3n) is 4.63. The number of hydrogen-bond donors (Lipinski definition) is 0. The largest absolute Gasteiger partial charge is 0.297 e. The van der Waals surface area contributed by atoms with Gasteiger partial charge in [0.1, 0.15) is 5.01 Å². The van der Waals surface area contributed by atoms with Gasteiger partial charge in [-0.1, -0.05) is 32.4 Å². The van der Waals surface area contributed by atoms with E-state index in [9.17, 15) is 10.1 Å². The van der Waals surface area contributed by atoms with Crippen LogP contribution in [0.3, 0.4) is 0 Å². The number of hydrogen-bond acceptors (Lipinski definition) is 4. The van der Waals surface area contributed by atoms with Crippen molar-refractivity contribution in [3.63, 3.8) is 0 Å². The third kappa shape index (κ3) is 2.87. The van der Waals surface area contributed by atoms with Crippen LogP contribution < -0.4 is 0 Å². The van der Waals surface area contributed by atoms with Gasteiger partial charge < -0.3 is 0 Å². The first kappa shape index (κ1) is 16.9. The number of rotatable bonds is 5. The van der Waals surface area contributed by atoms with Crippen LogP contribution in [0.15, 0.2) is 11.6 Å². The molecule has 118 valence electrons. The molecule has 4 heteroatoms. The van der Waals surface area contributed by atoms with Crippen molar-refractivity contribution in [3.8, 4) is 6.07 Å².